The third-order valence-corrected chi connectivity index (χ3v) is 2.47. The lowest BCUT2D eigenvalue weighted by atomic mass is 9.90. The molecule has 0 bridgehead atoms. The molecule has 0 radical (unpaired) electrons. The van der Waals surface area contributed by atoms with Crippen molar-refractivity contribution in [3.05, 3.63) is 11.6 Å². The highest BCUT2D eigenvalue weighted by Crippen LogP contribution is 2.28. The van der Waals surface area contributed by atoms with Crippen LogP contribution in [0.4, 0.5) is 0 Å². The molecule has 0 saturated carbocycles. The highest BCUT2D eigenvalue weighted by molar-refractivity contribution is 5.15. The van der Waals surface area contributed by atoms with Crippen molar-refractivity contribution in [3.63, 3.8) is 0 Å². The molecule has 2 heteroatoms. The molecule has 1 heterocycles. The molecular formula is C9H14O2. The Labute approximate surface area is 66.9 Å². The first kappa shape index (κ1) is 7.32. The summed E-state index contributed by atoms with van der Waals surface area (Å²) in [6, 6.07) is 0. The van der Waals surface area contributed by atoms with Gasteiger partial charge in [0.15, 0.2) is 0 Å². The van der Waals surface area contributed by atoms with Crippen LogP contribution in [0.25, 0.3) is 0 Å². The van der Waals surface area contributed by atoms with Crippen LogP contribution in [0.15, 0.2) is 11.6 Å². The second-order valence-electron chi connectivity index (χ2n) is 3.35. The van der Waals surface area contributed by atoms with Crippen LogP contribution in [-0.4, -0.2) is 23.9 Å². The minimum atomic E-state index is -0.206. The smallest absolute Gasteiger partial charge is 0.0787 e. The number of rotatable bonds is 0. The van der Waals surface area contributed by atoms with Gasteiger partial charge in [0.2, 0.25) is 0 Å². The molecule has 0 aromatic heterocycles. The Hall–Kier alpha value is -0.340. The minimum absolute atomic E-state index is 0.206. The highest BCUT2D eigenvalue weighted by Gasteiger charge is 2.24. The summed E-state index contributed by atoms with van der Waals surface area (Å²) in [5, 5.41) is 9.32. The van der Waals surface area contributed by atoms with Crippen LogP contribution in [0.5, 0.6) is 0 Å². The Kier molecular flexibility index (Phi) is 1.96. The molecule has 0 aromatic rings. The van der Waals surface area contributed by atoms with Crippen LogP contribution in [-0.2, 0) is 4.74 Å². The molecule has 2 nitrogen and oxygen atoms in total. The molecule has 62 valence electrons. The normalized spacial score (nSPS) is 37.7. The number of fused-ring (bicyclic) bond motifs is 1. The lowest BCUT2D eigenvalue weighted by Crippen LogP contribution is -2.28. The predicted octanol–water partition coefficient (Wildman–Crippen LogP) is 1.25. The monoisotopic (exact) mass is 154 g/mol. The second kappa shape index (κ2) is 2.95. The standard InChI is InChI=1S/C9H14O2/c10-8-3-4-9-7(6-8)2-1-5-11-9/h6,8-10H,1-5H2/t8-,9+/m1/s1. The summed E-state index contributed by atoms with van der Waals surface area (Å²) in [5.41, 5.74) is 1.33. The van der Waals surface area contributed by atoms with Crippen molar-refractivity contribution in [1.82, 2.24) is 0 Å². The van der Waals surface area contributed by atoms with Crippen LogP contribution in [0.1, 0.15) is 25.7 Å². The van der Waals surface area contributed by atoms with Crippen LogP contribution in [0.3, 0.4) is 0 Å². The molecule has 0 aromatic carbocycles. The highest BCUT2D eigenvalue weighted by atomic mass is 16.5. The Morgan fingerprint density at radius 3 is 3.27 bits per heavy atom. The Morgan fingerprint density at radius 2 is 2.36 bits per heavy atom. The van der Waals surface area contributed by atoms with Crippen LogP contribution in [0.2, 0.25) is 0 Å². The summed E-state index contributed by atoms with van der Waals surface area (Å²) in [5.74, 6) is 0. The summed E-state index contributed by atoms with van der Waals surface area (Å²) in [7, 11) is 0. The summed E-state index contributed by atoms with van der Waals surface area (Å²) < 4.78 is 5.55. The van der Waals surface area contributed by atoms with Gasteiger partial charge in [0.1, 0.15) is 0 Å². The molecule has 1 N–H and O–H groups in total. The third kappa shape index (κ3) is 1.47. The molecule has 0 spiro atoms. The number of aliphatic hydroxyl groups excluding tert-OH is 1. The quantitative estimate of drug-likeness (QED) is 0.532. The SMILES string of the molecule is O[C@H]1C=C2CCCO[C@H]2CC1. The molecule has 2 atom stereocenters. The van der Waals surface area contributed by atoms with Crippen molar-refractivity contribution in [3.8, 4) is 0 Å². The topological polar surface area (TPSA) is 29.5 Å². The fraction of sp³-hybridized carbons (Fsp3) is 0.778. The summed E-state index contributed by atoms with van der Waals surface area (Å²) in [6.07, 6.45) is 6.24. The van der Waals surface area contributed by atoms with Crippen molar-refractivity contribution >= 4 is 0 Å². The average molecular weight is 154 g/mol. The number of ether oxygens (including phenoxy) is 1. The van der Waals surface area contributed by atoms with Gasteiger partial charge in [0, 0.05) is 6.61 Å². The Morgan fingerprint density at radius 1 is 1.45 bits per heavy atom. The fourth-order valence-electron chi connectivity index (χ4n) is 1.88. The summed E-state index contributed by atoms with van der Waals surface area (Å²) in [6.45, 7) is 0.901. The molecule has 1 saturated heterocycles. The van der Waals surface area contributed by atoms with Crippen LogP contribution < -0.4 is 0 Å². The zero-order chi connectivity index (χ0) is 7.68. The van der Waals surface area contributed by atoms with Gasteiger partial charge in [-0.1, -0.05) is 6.08 Å². The van der Waals surface area contributed by atoms with Gasteiger partial charge in [0.05, 0.1) is 12.2 Å². The van der Waals surface area contributed by atoms with Gasteiger partial charge in [0.25, 0.3) is 0 Å². The third-order valence-electron chi connectivity index (χ3n) is 2.47. The van der Waals surface area contributed by atoms with Gasteiger partial charge in [-0.2, -0.15) is 0 Å². The second-order valence-corrected chi connectivity index (χ2v) is 3.35. The van der Waals surface area contributed by atoms with Gasteiger partial charge < -0.3 is 9.84 Å². The number of hydrogen-bond donors (Lipinski definition) is 1. The van der Waals surface area contributed by atoms with E-state index >= 15 is 0 Å². The van der Waals surface area contributed by atoms with Gasteiger partial charge in [-0.15, -0.1) is 0 Å². The summed E-state index contributed by atoms with van der Waals surface area (Å²) in [4.78, 5) is 0. The number of hydrogen-bond acceptors (Lipinski definition) is 2. The Balaban J connectivity index is 2.10. The molecule has 2 rings (SSSR count). The maximum Gasteiger partial charge on any atom is 0.0787 e. The van der Waals surface area contributed by atoms with Crippen molar-refractivity contribution in [2.24, 2.45) is 0 Å². The first-order valence-corrected chi connectivity index (χ1v) is 4.36. The van der Waals surface area contributed by atoms with E-state index in [0.29, 0.717) is 6.10 Å². The van der Waals surface area contributed by atoms with E-state index < -0.39 is 0 Å². The Bertz CT molecular complexity index is 174. The zero-order valence-corrected chi connectivity index (χ0v) is 6.62. The average Bonchev–Trinajstić information content (AvgIpc) is 2.04. The first-order chi connectivity index (χ1) is 5.36. The van der Waals surface area contributed by atoms with Crippen molar-refractivity contribution < 1.29 is 9.84 Å². The van der Waals surface area contributed by atoms with Gasteiger partial charge in [-0.05, 0) is 31.3 Å². The zero-order valence-electron chi connectivity index (χ0n) is 6.62. The maximum atomic E-state index is 9.32. The van der Waals surface area contributed by atoms with E-state index in [-0.39, 0.29) is 6.10 Å². The molecule has 1 aliphatic heterocycles. The van der Waals surface area contributed by atoms with Crippen LogP contribution >= 0.6 is 0 Å². The molecular weight excluding hydrogens is 140 g/mol. The molecule has 0 amide bonds. The minimum Gasteiger partial charge on any atom is -0.389 e. The maximum absolute atomic E-state index is 9.32. The van der Waals surface area contributed by atoms with E-state index in [1.807, 2.05) is 6.08 Å². The first-order valence-electron chi connectivity index (χ1n) is 4.36. The van der Waals surface area contributed by atoms with Gasteiger partial charge in [-0.3, -0.25) is 0 Å². The lowest BCUT2D eigenvalue weighted by Gasteiger charge is -2.30. The van der Waals surface area contributed by atoms with Crippen LogP contribution in [0, 0.1) is 0 Å². The molecule has 2 aliphatic rings. The van der Waals surface area contributed by atoms with Gasteiger partial charge >= 0.3 is 0 Å². The van der Waals surface area contributed by atoms with E-state index in [9.17, 15) is 5.11 Å². The lowest BCUT2D eigenvalue weighted by molar-refractivity contribution is 0.0299. The van der Waals surface area contributed by atoms with Crippen molar-refractivity contribution in [2.75, 3.05) is 6.61 Å². The van der Waals surface area contributed by atoms with E-state index in [1.54, 1.807) is 0 Å². The summed E-state index contributed by atoms with van der Waals surface area (Å²) >= 11 is 0. The van der Waals surface area contributed by atoms with E-state index in [4.69, 9.17) is 4.74 Å². The van der Waals surface area contributed by atoms with Crippen molar-refractivity contribution in [2.45, 2.75) is 37.9 Å². The predicted molar refractivity (Wildman–Crippen MR) is 42.3 cm³/mol. The molecule has 11 heavy (non-hydrogen) atoms. The largest absolute Gasteiger partial charge is 0.389 e. The molecule has 1 aliphatic carbocycles. The van der Waals surface area contributed by atoms with E-state index in [0.717, 1.165) is 32.3 Å². The molecule has 0 unspecified atom stereocenters. The van der Waals surface area contributed by atoms with E-state index in [1.165, 1.54) is 5.57 Å². The van der Waals surface area contributed by atoms with Crippen molar-refractivity contribution in [1.29, 1.82) is 0 Å². The molecule has 1 fully saturated rings. The number of aliphatic hydroxyl groups is 1. The van der Waals surface area contributed by atoms with E-state index in [2.05, 4.69) is 0 Å². The van der Waals surface area contributed by atoms with Gasteiger partial charge in [-0.25, -0.2) is 0 Å². The fourth-order valence-corrected chi connectivity index (χ4v) is 1.88.